The Kier molecular flexibility index (Phi) is 3.96. The molecule has 6 heteroatoms. The number of fused-ring (bicyclic) bond motifs is 1. The van der Waals surface area contributed by atoms with E-state index in [2.05, 4.69) is 50.3 Å². The van der Waals surface area contributed by atoms with E-state index in [0.29, 0.717) is 0 Å². The predicted molar refractivity (Wildman–Crippen MR) is 72.3 cm³/mol. The van der Waals surface area contributed by atoms with Crippen molar-refractivity contribution in [2.45, 2.75) is 6.42 Å². The number of rotatable bonds is 5. The molecule has 0 aliphatic rings. The number of hydrogen-bond acceptors (Lipinski definition) is 4. The highest BCUT2D eigenvalue weighted by atomic mass is 79.9. The number of imidazole rings is 1. The van der Waals surface area contributed by atoms with Gasteiger partial charge in [0, 0.05) is 6.54 Å². The summed E-state index contributed by atoms with van der Waals surface area (Å²) in [7, 11) is 4.15. The molecule has 1 N–H and O–H groups in total. The normalized spacial score (nSPS) is 11.3. The SMILES string of the molecule is CN(C)CCCNc1ccc2ncc(Br)n2n1. The first-order valence-electron chi connectivity index (χ1n) is 5.56. The second-order valence-corrected chi connectivity index (χ2v) is 4.97. The van der Waals surface area contributed by atoms with Crippen LogP contribution in [0.15, 0.2) is 22.9 Å². The summed E-state index contributed by atoms with van der Waals surface area (Å²) in [5.41, 5.74) is 0.843. The summed E-state index contributed by atoms with van der Waals surface area (Å²) in [6.07, 6.45) is 2.84. The van der Waals surface area contributed by atoms with Gasteiger partial charge in [-0.1, -0.05) is 0 Å². The average molecular weight is 298 g/mol. The van der Waals surface area contributed by atoms with Gasteiger partial charge in [0.25, 0.3) is 0 Å². The van der Waals surface area contributed by atoms with Gasteiger partial charge in [-0.2, -0.15) is 0 Å². The van der Waals surface area contributed by atoms with Gasteiger partial charge in [0.2, 0.25) is 0 Å². The minimum absolute atomic E-state index is 0.843. The van der Waals surface area contributed by atoms with Gasteiger partial charge in [-0.3, -0.25) is 0 Å². The van der Waals surface area contributed by atoms with E-state index in [9.17, 15) is 0 Å². The molecule has 0 saturated carbocycles. The molecule has 2 rings (SSSR count). The van der Waals surface area contributed by atoms with Crippen LogP contribution in [-0.2, 0) is 0 Å². The molecule has 17 heavy (non-hydrogen) atoms. The van der Waals surface area contributed by atoms with Crippen molar-refractivity contribution in [3.05, 3.63) is 22.9 Å². The molecule has 2 aromatic rings. The number of nitrogens with one attached hydrogen (secondary N) is 1. The minimum atomic E-state index is 0.843. The van der Waals surface area contributed by atoms with Crippen molar-refractivity contribution in [1.82, 2.24) is 19.5 Å². The molecule has 0 aromatic carbocycles. The lowest BCUT2D eigenvalue weighted by molar-refractivity contribution is 0.405. The quantitative estimate of drug-likeness (QED) is 0.856. The molecule has 0 spiro atoms. The third-order valence-corrected chi connectivity index (χ3v) is 2.95. The van der Waals surface area contributed by atoms with Crippen LogP contribution in [0.25, 0.3) is 5.65 Å². The standard InChI is InChI=1S/C11H16BrN5/c1-16(2)7-3-6-13-10-4-5-11-14-8-9(12)17(11)15-10/h4-5,8H,3,6-7H2,1-2H3,(H,13,15). The molecule has 0 unspecified atom stereocenters. The van der Waals surface area contributed by atoms with Crippen LogP contribution >= 0.6 is 15.9 Å². The highest BCUT2D eigenvalue weighted by Crippen LogP contribution is 2.13. The van der Waals surface area contributed by atoms with Gasteiger partial charge in [-0.05, 0) is 55.1 Å². The summed E-state index contributed by atoms with van der Waals surface area (Å²) in [4.78, 5) is 6.37. The molecule has 0 aliphatic heterocycles. The molecular formula is C11H16BrN5. The first-order chi connectivity index (χ1) is 8.16. The Morgan fingerprint density at radius 3 is 3.00 bits per heavy atom. The van der Waals surface area contributed by atoms with E-state index in [0.717, 1.165) is 35.6 Å². The lowest BCUT2D eigenvalue weighted by Crippen LogP contribution is -2.16. The van der Waals surface area contributed by atoms with Crippen molar-refractivity contribution in [2.75, 3.05) is 32.5 Å². The molecule has 0 fully saturated rings. The van der Waals surface area contributed by atoms with Crippen LogP contribution in [0, 0.1) is 0 Å². The van der Waals surface area contributed by atoms with Crippen LogP contribution in [0.5, 0.6) is 0 Å². The summed E-state index contributed by atoms with van der Waals surface area (Å²) in [5.74, 6) is 0.870. The molecule has 0 radical (unpaired) electrons. The van der Waals surface area contributed by atoms with E-state index in [-0.39, 0.29) is 0 Å². The fourth-order valence-electron chi connectivity index (χ4n) is 1.55. The maximum Gasteiger partial charge on any atom is 0.154 e. The number of halogens is 1. The Bertz CT molecular complexity index is 494. The Morgan fingerprint density at radius 1 is 1.41 bits per heavy atom. The maximum atomic E-state index is 4.43. The van der Waals surface area contributed by atoms with Crippen molar-refractivity contribution in [1.29, 1.82) is 0 Å². The van der Waals surface area contributed by atoms with Crippen molar-refractivity contribution < 1.29 is 0 Å². The highest BCUT2D eigenvalue weighted by Gasteiger charge is 2.02. The molecule has 92 valence electrons. The third-order valence-electron chi connectivity index (χ3n) is 2.41. The number of nitrogens with zero attached hydrogens (tertiary/aromatic N) is 4. The van der Waals surface area contributed by atoms with Gasteiger partial charge >= 0.3 is 0 Å². The van der Waals surface area contributed by atoms with Crippen LogP contribution in [0.3, 0.4) is 0 Å². The van der Waals surface area contributed by atoms with Crippen molar-refractivity contribution in [3.8, 4) is 0 Å². The predicted octanol–water partition coefficient (Wildman–Crippen LogP) is 1.86. The molecule has 2 heterocycles. The van der Waals surface area contributed by atoms with Crippen molar-refractivity contribution in [2.24, 2.45) is 0 Å². The largest absolute Gasteiger partial charge is 0.369 e. The summed E-state index contributed by atoms with van der Waals surface area (Å²) in [5, 5.41) is 7.74. The zero-order chi connectivity index (χ0) is 12.3. The zero-order valence-electron chi connectivity index (χ0n) is 10.0. The second kappa shape index (κ2) is 5.46. The molecule has 0 aliphatic carbocycles. The van der Waals surface area contributed by atoms with Crippen LogP contribution in [0.2, 0.25) is 0 Å². The molecular weight excluding hydrogens is 282 g/mol. The van der Waals surface area contributed by atoms with Crippen LogP contribution in [-0.4, -0.2) is 46.7 Å². The summed E-state index contributed by atoms with van der Waals surface area (Å²) in [6, 6.07) is 3.90. The molecule has 0 saturated heterocycles. The van der Waals surface area contributed by atoms with Crippen molar-refractivity contribution >= 4 is 27.4 Å². The van der Waals surface area contributed by atoms with E-state index in [4.69, 9.17) is 0 Å². The summed E-state index contributed by atoms with van der Waals surface area (Å²) < 4.78 is 2.64. The van der Waals surface area contributed by atoms with E-state index >= 15 is 0 Å². The van der Waals surface area contributed by atoms with E-state index in [1.165, 1.54) is 0 Å². The van der Waals surface area contributed by atoms with E-state index < -0.39 is 0 Å². The zero-order valence-corrected chi connectivity index (χ0v) is 11.6. The Morgan fingerprint density at radius 2 is 2.24 bits per heavy atom. The lowest BCUT2D eigenvalue weighted by Gasteiger charge is -2.10. The van der Waals surface area contributed by atoms with Gasteiger partial charge in [0.15, 0.2) is 5.65 Å². The summed E-state index contributed by atoms with van der Waals surface area (Å²) >= 11 is 3.41. The van der Waals surface area contributed by atoms with E-state index in [1.54, 1.807) is 10.7 Å². The fourth-order valence-corrected chi connectivity index (χ4v) is 1.91. The fraction of sp³-hybridized carbons (Fsp3) is 0.455. The number of hydrogen-bond donors (Lipinski definition) is 1. The first-order valence-corrected chi connectivity index (χ1v) is 6.35. The molecule has 0 amide bonds. The summed E-state index contributed by atoms with van der Waals surface area (Å²) in [6.45, 7) is 1.99. The average Bonchev–Trinajstić information content (AvgIpc) is 2.66. The lowest BCUT2D eigenvalue weighted by atomic mass is 10.4. The van der Waals surface area contributed by atoms with Gasteiger partial charge < -0.3 is 10.2 Å². The Hall–Kier alpha value is -1.14. The number of anilines is 1. The highest BCUT2D eigenvalue weighted by molar-refractivity contribution is 9.10. The van der Waals surface area contributed by atoms with Gasteiger partial charge in [0.05, 0.1) is 6.20 Å². The van der Waals surface area contributed by atoms with E-state index in [1.807, 2.05) is 12.1 Å². The smallest absolute Gasteiger partial charge is 0.154 e. The molecule has 0 atom stereocenters. The van der Waals surface area contributed by atoms with Gasteiger partial charge in [-0.25, -0.2) is 9.50 Å². The second-order valence-electron chi connectivity index (χ2n) is 4.15. The Labute approximate surface area is 109 Å². The van der Waals surface area contributed by atoms with Gasteiger partial charge in [0.1, 0.15) is 10.4 Å². The first kappa shape index (κ1) is 12.3. The van der Waals surface area contributed by atoms with Crippen LogP contribution in [0.4, 0.5) is 5.82 Å². The van der Waals surface area contributed by atoms with Crippen molar-refractivity contribution in [3.63, 3.8) is 0 Å². The van der Waals surface area contributed by atoms with Crippen LogP contribution < -0.4 is 5.32 Å². The third kappa shape index (κ3) is 3.17. The number of aromatic nitrogens is 3. The maximum absolute atomic E-state index is 4.43. The monoisotopic (exact) mass is 297 g/mol. The van der Waals surface area contributed by atoms with Gasteiger partial charge in [-0.15, -0.1) is 5.10 Å². The minimum Gasteiger partial charge on any atom is -0.369 e. The van der Waals surface area contributed by atoms with Crippen LogP contribution in [0.1, 0.15) is 6.42 Å². The molecule has 2 aromatic heterocycles. The Balaban J connectivity index is 1.97. The topological polar surface area (TPSA) is 45.5 Å². The molecule has 0 bridgehead atoms. The molecule has 5 nitrogen and oxygen atoms in total.